The summed E-state index contributed by atoms with van der Waals surface area (Å²) in [4.78, 5) is 26.7. The number of carbonyl (C=O) groups excluding carboxylic acids is 2. The fraction of sp³-hybridized carbons (Fsp3) is 0.300. The van der Waals surface area contributed by atoms with E-state index >= 15 is 0 Å². The van der Waals surface area contributed by atoms with Gasteiger partial charge in [-0.1, -0.05) is 11.6 Å². The maximum absolute atomic E-state index is 12.3. The predicted octanol–water partition coefficient (Wildman–Crippen LogP) is 4.08. The van der Waals surface area contributed by atoms with Crippen LogP contribution in [0.4, 0.5) is 17.1 Å². The van der Waals surface area contributed by atoms with Crippen molar-refractivity contribution in [2.45, 2.75) is 20.8 Å². The van der Waals surface area contributed by atoms with Crippen LogP contribution < -0.4 is 20.3 Å². The van der Waals surface area contributed by atoms with Crippen molar-refractivity contribution in [2.75, 3.05) is 35.7 Å². The molecule has 0 aliphatic heterocycles. The van der Waals surface area contributed by atoms with Gasteiger partial charge in [0.15, 0.2) is 0 Å². The minimum atomic E-state index is -0.803. The van der Waals surface area contributed by atoms with Gasteiger partial charge in [0, 0.05) is 29.5 Å². The molecule has 0 saturated heterocycles. The van der Waals surface area contributed by atoms with Gasteiger partial charge in [-0.05, 0) is 62.7 Å². The SMILES string of the molecule is CCN(CC)c1ccc(NC(=O)C(=O)Nc2cc(Cl)ccc2OC)c(C)c1. The van der Waals surface area contributed by atoms with Gasteiger partial charge in [0.2, 0.25) is 0 Å². The summed E-state index contributed by atoms with van der Waals surface area (Å²) in [7, 11) is 1.47. The summed E-state index contributed by atoms with van der Waals surface area (Å²) in [5.41, 5.74) is 2.87. The molecule has 2 aromatic rings. The number of benzene rings is 2. The second-order valence-corrected chi connectivity index (χ2v) is 6.36. The standard InChI is InChI=1S/C20H24ClN3O3/c1-5-24(6-2)15-8-9-16(13(3)11-15)22-19(25)20(26)23-17-12-14(21)7-10-18(17)27-4/h7-12H,5-6H2,1-4H3,(H,22,25)(H,23,26). The van der Waals surface area contributed by atoms with Crippen LogP contribution in [-0.2, 0) is 9.59 Å². The molecule has 0 radical (unpaired) electrons. The van der Waals surface area contributed by atoms with Crippen molar-refractivity contribution in [1.29, 1.82) is 0 Å². The van der Waals surface area contributed by atoms with Crippen LogP contribution in [0.3, 0.4) is 0 Å². The summed E-state index contributed by atoms with van der Waals surface area (Å²) in [6.07, 6.45) is 0. The molecule has 0 fully saturated rings. The zero-order chi connectivity index (χ0) is 20.0. The molecule has 2 rings (SSSR count). The summed E-state index contributed by atoms with van der Waals surface area (Å²) >= 11 is 5.94. The summed E-state index contributed by atoms with van der Waals surface area (Å²) in [6, 6.07) is 10.5. The Balaban J connectivity index is 2.11. The van der Waals surface area contributed by atoms with Gasteiger partial charge in [0.05, 0.1) is 12.8 Å². The molecule has 0 unspecified atom stereocenters. The van der Waals surface area contributed by atoms with Crippen molar-refractivity contribution in [3.05, 3.63) is 47.0 Å². The maximum atomic E-state index is 12.3. The molecule has 0 spiro atoms. The summed E-state index contributed by atoms with van der Waals surface area (Å²) in [5, 5.41) is 5.59. The van der Waals surface area contributed by atoms with Gasteiger partial charge in [-0.15, -0.1) is 0 Å². The van der Waals surface area contributed by atoms with Crippen molar-refractivity contribution < 1.29 is 14.3 Å². The average molecular weight is 390 g/mol. The number of nitrogens with zero attached hydrogens (tertiary/aromatic N) is 1. The third-order valence-corrected chi connectivity index (χ3v) is 4.44. The molecule has 0 aliphatic carbocycles. The molecule has 2 amide bonds. The quantitative estimate of drug-likeness (QED) is 0.730. The Bertz CT molecular complexity index is 835. The first-order valence-corrected chi connectivity index (χ1v) is 9.08. The van der Waals surface area contributed by atoms with Crippen LogP contribution in [0.25, 0.3) is 0 Å². The number of methoxy groups -OCH3 is 1. The van der Waals surface area contributed by atoms with Gasteiger partial charge >= 0.3 is 11.8 Å². The number of rotatable bonds is 6. The molecule has 0 bridgehead atoms. The molecular formula is C20H24ClN3O3. The predicted molar refractivity (Wildman–Crippen MR) is 110 cm³/mol. The van der Waals surface area contributed by atoms with Gasteiger partial charge in [0.25, 0.3) is 0 Å². The van der Waals surface area contributed by atoms with Crippen LogP contribution in [0.15, 0.2) is 36.4 Å². The van der Waals surface area contributed by atoms with E-state index in [1.54, 1.807) is 18.2 Å². The number of carbonyl (C=O) groups is 2. The monoisotopic (exact) mass is 389 g/mol. The lowest BCUT2D eigenvalue weighted by molar-refractivity contribution is -0.133. The van der Waals surface area contributed by atoms with Crippen LogP contribution in [0.5, 0.6) is 5.75 Å². The van der Waals surface area contributed by atoms with Crippen molar-refractivity contribution in [1.82, 2.24) is 0 Å². The lowest BCUT2D eigenvalue weighted by Gasteiger charge is -2.22. The minimum Gasteiger partial charge on any atom is -0.495 e. The Kier molecular flexibility index (Phi) is 7.07. The van der Waals surface area contributed by atoms with Crippen LogP contribution in [0.1, 0.15) is 19.4 Å². The zero-order valence-electron chi connectivity index (χ0n) is 15.9. The number of ether oxygens (including phenoxy) is 1. The van der Waals surface area contributed by atoms with E-state index in [4.69, 9.17) is 16.3 Å². The molecule has 2 aromatic carbocycles. The highest BCUT2D eigenvalue weighted by Crippen LogP contribution is 2.28. The largest absolute Gasteiger partial charge is 0.495 e. The van der Waals surface area contributed by atoms with Crippen LogP contribution in [0, 0.1) is 6.92 Å². The van der Waals surface area contributed by atoms with Gasteiger partial charge in [0.1, 0.15) is 5.75 Å². The molecule has 0 saturated carbocycles. The number of aryl methyl sites for hydroxylation is 1. The van der Waals surface area contributed by atoms with E-state index in [-0.39, 0.29) is 0 Å². The fourth-order valence-corrected chi connectivity index (χ4v) is 2.88. The molecule has 0 atom stereocenters. The van der Waals surface area contributed by atoms with Gasteiger partial charge in [-0.3, -0.25) is 9.59 Å². The Hall–Kier alpha value is -2.73. The second-order valence-electron chi connectivity index (χ2n) is 5.92. The lowest BCUT2D eigenvalue weighted by atomic mass is 10.1. The average Bonchev–Trinajstić information content (AvgIpc) is 2.65. The van der Waals surface area contributed by atoms with Crippen molar-refractivity contribution in [3.63, 3.8) is 0 Å². The van der Waals surface area contributed by atoms with Crippen molar-refractivity contribution in [3.8, 4) is 5.75 Å². The molecule has 7 heteroatoms. The van der Waals surface area contributed by atoms with Gasteiger partial charge in [-0.25, -0.2) is 0 Å². The van der Waals surface area contributed by atoms with Crippen molar-refractivity contribution in [2.24, 2.45) is 0 Å². The number of nitrogens with one attached hydrogen (secondary N) is 2. The molecule has 144 valence electrons. The molecule has 6 nitrogen and oxygen atoms in total. The number of hydrogen-bond donors (Lipinski definition) is 2. The fourth-order valence-electron chi connectivity index (χ4n) is 2.71. The third kappa shape index (κ3) is 5.14. The Morgan fingerprint density at radius 3 is 2.19 bits per heavy atom. The van der Waals surface area contributed by atoms with E-state index in [0.29, 0.717) is 22.1 Å². The minimum absolute atomic E-state index is 0.332. The maximum Gasteiger partial charge on any atom is 0.314 e. The van der Waals surface area contributed by atoms with E-state index in [1.165, 1.54) is 13.2 Å². The number of halogens is 1. The Morgan fingerprint density at radius 1 is 1.00 bits per heavy atom. The molecule has 2 N–H and O–H groups in total. The normalized spacial score (nSPS) is 10.3. The van der Waals surface area contributed by atoms with Crippen LogP contribution in [0.2, 0.25) is 5.02 Å². The Morgan fingerprint density at radius 2 is 1.63 bits per heavy atom. The van der Waals surface area contributed by atoms with Gasteiger partial charge < -0.3 is 20.3 Å². The van der Waals surface area contributed by atoms with Crippen LogP contribution >= 0.6 is 11.6 Å². The van der Waals surface area contributed by atoms with Crippen molar-refractivity contribution >= 4 is 40.5 Å². The second kappa shape index (κ2) is 9.28. The topological polar surface area (TPSA) is 70.7 Å². The van der Waals surface area contributed by atoms with Crippen LogP contribution in [-0.4, -0.2) is 32.0 Å². The number of hydrogen-bond acceptors (Lipinski definition) is 4. The highest BCUT2D eigenvalue weighted by molar-refractivity contribution is 6.44. The van der Waals surface area contributed by atoms with E-state index < -0.39 is 11.8 Å². The first-order valence-electron chi connectivity index (χ1n) is 8.71. The number of amides is 2. The smallest absolute Gasteiger partial charge is 0.314 e. The summed E-state index contributed by atoms with van der Waals surface area (Å²) in [6.45, 7) is 7.85. The zero-order valence-corrected chi connectivity index (χ0v) is 16.7. The highest BCUT2D eigenvalue weighted by atomic mass is 35.5. The third-order valence-electron chi connectivity index (χ3n) is 4.20. The van der Waals surface area contributed by atoms with Gasteiger partial charge in [-0.2, -0.15) is 0 Å². The molecular weight excluding hydrogens is 366 g/mol. The first-order chi connectivity index (χ1) is 12.9. The molecule has 0 heterocycles. The Labute approximate surface area is 164 Å². The summed E-state index contributed by atoms with van der Waals surface area (Å²) in [5.74, 6) is -1.15. The molecule has 27 heavy (non-hydrogen) atoms. The van der Waals surface area contributed by atoms with E-state index in [0.717, 1.165) is 24.3 Å². The first kappa shape index (κ1) is 20.6. The van der Waals surface area contributed by atoms with E-state index in [1.807, 2.05) is 19.1 Å². The van der Waals surface area contributed by atoms with E-state index in [9.17, 15) is 9.59 Å². The lowest BCUT2D eigenvalue weighted by Crippen LogP contribution is -2.29. The highest BCUT2D eigenvalue weighted by Gasteiger charge is 2.17. The summed E-state index contributed by atoms with van der Waals surface area (Å²) < 4.78 is 5.17. The molecule has 0 aliphatic rings. The molecule has 0 aromatic heterocycles. The number of anilines is 3. The van der Waals surface area contributed by atoms with E-state index in [2.05, 4.69) is 29.4 Å².